The first kappa shape index (κ1) is 24.9. The van der Waals surface area contributed by atoms with Gasteiger partial charge in [-0.3, -0.25) is 19.5 Å². The molecule has 0 bridgehead atoms. The summed E-state index contributed by atoms with van der Waals surface area (Å²) in [6.45, 7) is 10.5. The Labute approximate surface area is 206 Å². The highest BCUT2D eigenvalue weighted by Gasteiger charge is 2.46. The first-order chi connectivity index (χ1) is 16.9. The SMILES string of the molecule is Cc1cc(C(O)=C2C(=O)C(=O)N(CCN3CCOCC3)[C@H]2c2cccnc2)ccc1OCC(C)C. The zero-order valence-corrected chi connectivity index (χ0v) is 20.6. The molecule has 8 heteroatoms. The van der Waals surface area contributed by atoms with Gasteiger partial charge in [-0.05, 0) is 48.2 Å². The summed E-state index contributed by atoms with van der Waals surface area (Å²) in [6.07, 6.45) is 3.28. The maximum atomic E-state index is 13.2. The highest BCUT2D eigenvalue weighted by Crippen LogP contribution is 2.39. The Hall–Kier alpha value is -3.23. The highest BCUT2D eigenvalue weighted by atomic mass is 16.5. The monoisotopic (exact) mass is 479 g/mol. The number of likely N-dealkylation sites (tertiary alicyclic amines) is 1. The number of amides is 1. The van der Waals surface area contributed by atoms with Gasteiger partial charge in [-0.25, -0.2) is 0 Å². The molecular formula is C27H33N3O5. The van der Waals surface area contributed by atoms with Crippen LogP contribution in [0.25, 0.3) is 5.76 Å². The minimum Gasteiger partial charge on any atom is -0.507 e. The average Bonchev–Trinajstić information content (AvgIpc) is 3.12. The Kier molecular flexibility index (Phi) is 7.83. The molecule has 2 aromatic rings. The summed E-state index contributed by atoms with van der Waals surface area (Å²) < 4.78 is 11.3. The molecule has 0 aliphatic carbocycles. The molecule has 0 unspecified atom stereocenters. The Bertz CT molecular complexity index is 1090. The number of carbonyl (C=O) groups excluding carboxylic acids is 2. The summed E-state index contributed by atoms with van der Waals surface area (Å²) in [7, 11) is 0. The molecule has 4 rings (SSSR count). The smallest absolute Gasteiger partial charge is 0.295 e. The normalized spacial score (nSPS) is 20.6. The molecule has 2 saturated heterocycles. The minimum absolute atomic E-state index is 0.0835. The molecule has 2 aliphatic rings. The zero-order chi connectivity index (χ0) is 24.9. The molecule has 2 aliphatic heterocycles. The van der Waals surface area contributed by atoms with E-state index in [4.69, 9.17) is 9.47 Å². The standard InChI is InChI=1S/C27H33N3O5/c1-18(2)17-35-22-7-6-20(15-19(22)3)25(31)23-24(21-5-4-8-28-16-21)30(27(33)26(23)32)10-9-29-11-13-34-14-12-29/h4-8,15-16,18,24,31H,9-14,17H2,1-3H3/t24-/m0/s1. The second-order valence-corrected chi connectivity index (χ2v) is 9.42. The van der Waals surface area contributed by atoms with Gasteiger partial charge in [0.2, 0.25) is 0 Å². The molecule has 1 aromatic carbocycles. The van der Waals surface area contributed by atoms with Crippen molar-refractivity contribution in [1.29, 1.82) is 0 Å². The third-order valence-electron chi connectivity index (χ3n) is 6.32. The van der Waals surface area contributed by atoms with Crippen molar-refractivity contribution in [3.8, 4) is 5.75 Å². The third-order valence-corrected chi connectivity index (χ3v) is 6.32. The number of aliphatic hydroxyl groups excluding tert-OH is 1. The molecule has 0 saturated carbocycles. The van der Waals surface area contributed by atoms with E-state index in [0.717, 1.165) is 24.4 Å². The Balaban J connectivity index is 1.67. The van der Waals surface area contributed by atoms with Gasteiger partial charge in [0, 0.05) is 44.1 Å². The number of rotatable bonds is 8. The van der Waals surface area contributed by atoms with E-state index < -0.39 is 17.7 Å². The van der Waals surface area contributed by atoms with Gasteiger partial charge in [0.25, 0.3) is 11.7 Å². The van der Waals surface area contributed by atoms with Gasteiger partial charge in [-0.15, -0.1) is 0 Å². The number of aliphatic hydroxyl groups is 1. The van der Waals surface area contributed by atoms with Gasteiger partial charge in [0.05, 0.1) is 31.4 Å². The van der Waals surface area contributed by atoms with Crippen LogP contribution in [0.2, 0.25) is 0 Å². The maximum Gasteiger partial charge on any atom is 0.295 e. The fourth-order valence-corrected chi connectivity index (χ4v) is 4.44. The lowest BCUT2D eigenvalue weighted by molar-refractivity contribution is -0.140. The number of hydrogen-bond donors (Lipinski definition) is 1. The molecule has 0 spiro atoms. The van der Waals surface area contributed by atoms with Gasteiger partial charge in [0.1, 0.15) is 11.5 Å². The van der Waals surface area contributed by atoms with Crippen molar-refractivity contribution >= 4 is 17.4 Å². The largest absolute Gasteiger partial charge is 0.507 e. The molecule has 1 aromatic heterocycles. The van der Waals surface area contributed by atoms with Crippen LogP contribution in [0.3, 0.4) is 0 Å². The summed E-state index contributed by atoms with van der Waals surface area (Å²) in [4.78, 5) is 34.3. The summed E-state index contributed by atoms with van der Waals surface area (Å²) in [5, 5.41) is 11.3. The van der Waals surface area contributed by atoms with Gasteiger partial charge >= 0.3 is 0 Å². The lowest BCUT2D eigenvalue weighted by Gasteiger charge is -2.30. The van der Waals surface area contributed by atoms with Crippen LogP contribution in [0.5, 0.6) is 5.75 Å². The van der Waals surface area contributed by atoms with Crippen LogP contribution in [-0.2, 0) is 14.3 Å². The average molecular weight is 480 g/mol. The van der Waals surface area contributed by atoms with Crippen LogP contribution >= 0.6 is 0 Å². The number of pyridine rings is 1. The Morgan fingerprint density at radius 3 is 2.63 bits per heavy atom. The van der Waals surface area contributed by atoms with Crippen molar-refractivity contribution in [2.24, 2.45) is 5.92 Å². The molecule has 0 radical (unpaired) electrons. The second-order valence-electron chi connectivity index (χ2n) is 9.42. The second kappa shape index (κ2) is 11.0. The van der Waals surface area contributed by atoms with Gasteiger partial charge in [-0.1, -0.05) is 19.9 Å². The van der Waals surface area contributed by atoms with Crippen molar-refractivity contribution in [2.45, 2.75) is 26.8 Å². The number of Topliss-reactive ketones (excluding diaryl/α,β-unsaturated/α-hetero) is 1. The number of hydrogen-bond acceptors (Lipinski definition) is 7. The predicted molar refractivity (Wildman–Crippen MR) is 132 cm³/mol. The molecule has 1 N–H and O–H groups in total. The van der Waals surface area contributed by atoms with E-state index in [-0.39, 0.29) is 11.3 Å². The van der Waals surface area contributed by atoms with Gasteiger partial charge in [-0.2, -0.15) is 0 Å². The lowest BCUT2D eigenvalue weighted by Crippen LogP contribution is -2.42. The van der Waals surface area contributed by atoms with E-state index in [1.807, 2.05) is 13.0 Å². The first-order valence-corrected chi connectivity index (χ1v) is 12.1. The quantitative estimate of drug-likeness (QED) is 0.353. The topological polar surface area (TPSA) is 92.2 Å². The van der Waals surface area contributed by atoms with E-state index in [2.05, 4.69) is 23.7 Å². The minimum atomic E-state index is -0.707. The number of morpholine rings is 1. The highest BCUT2D eigenvalue weighted by molar-refractivity contribution is 6.46. The summed E-state index contributed by atoms with van der Waals surface area (Å²) in [5.74, 6) is -0.372. The molecular weight excluding hydrogens is 446 g/mol. The van der Waals surface area contributed by atoms with Crippen LogP contribution < -0.4 is 4.74 Å². The number of carbonyl (C=O) groups is 2. The molecule has 3 heterocycles. The molecule has 8 nitrogen and oxygen atoms in total. The van der Waals surface area contributed by atoms with Gasteiger partial charge < -0.3 is 19.5 Å². The fourth-order valence-electron chi connectivity index (χ4n) is 4.44. The molecule has 35 heavy (non-hydrogen) atoms. The van der Waals surface area contributed by atoms with Crippen molar-refractivity contribution in [3.05, 3.63) is 65.0 Å². The van der Waals surface area contributed by atoms with E-state index in [0.29, 0.717) is 50.0 Å². The van der Waals surface area contributed by atoms with E-state index in [1.165, 1.54) is 0 Å². The predicted octanol–water partition coefficient (Wildman–Crippen LogP) is 3.18. The number of aryl methyl sites for hydroxylation is 1. The Morgan fingerprint density at radius 2 is 1.97 bits per heavy atom. The van der Waals surface area contributed by atoms with Crippen molar-refractivity contribution in [3.63, 3.8) is 0 Å². The molecule has 2 fully saturated rings. The first-order valence-electron chi connectivity index (χ1n) is 12.1. The van der Waals surface area contributed by atoms with Crippen LogP contribution in [-0.4, -0.2) is 77.6 Å². The summed E-state index contributed by atoms with van der Waals surface area (Å²) in [5.41, 5.74) is 2.08. The van der Waals surface area contributed by atoms with E-state index >= 15 is 0 Å². The number of aromatic nitrogens is 1. The number of ketones is 1. The van der Waals surface area contributed by atoms with Crippen LogP contribution in [0.4, 0.5) is 0 Å². The fraction of sp³-hybridized carbons (Fsp3) is 0.444. The number of ether oxygens (including phenoxy) is 2. The van der Waals surface area contributed by atoms with Crippen LogP contribution in [0.15, 0.2) is 48.3 Å². The zero-order valence-electron chi connectivity index (χ0n) is 20.6. The number of nitrogens with zero attached hydrogens (tertiary/aromatic N) is 3. The molecule has 1 atom stereocenters. The summed E-state index contributed by atoms with van der Waals surface area (Å²) in [6, 6.07) is 8.18. The number of benzene rings is 1. The van der Waals surface area contributed by atoms with Crippen LogP contribution in [0.1, 0.15) is 36.6 Å². The molecule has 186 valence electrons. The summed E-state index contributed by atoms with van der Waals surface area (Å²) >= 11 is 0. The maximum absolute atomic E-state index is 13.2. The van der Waals surface area contributed by atoms with Crippen molar-refractivity contribution in [2.75, 3.05) is 46.0 Å². The van der Waals surface area contributed by atoms with E-state index in [9.17, 15) is 14.7 Å². The van der Waals surface area contributed by atoms with E-state index in [1.54, 1.807) is 41.6 Å². The Morgan fingerprint density at radius 1 is 1.20 bits per heavy atom. The lowest BCUT2D eigenvalue weighted by atomic mass is 9.95. The third kappa shape index (κ3) is 5.55. The van der Waals surface area contributed by atoms with Crippen LogP contribution in [0, 0.1) is 12.8 Å². The van der Waals surface area contributed by atoms with Crippen molar-refractivity contribution < 1.29 is 24.2 Å². The molecule has 1 amide bonds. The van der Waals surface area contributed by atoms with Crippen molar-refractivity contribution in [1.82, 2.24) is 14.8 Å². The van der Waals surface area contributed by atoms with Gasteiger partial charge in [0.15, 0.2) is 0 Å².